The van der Waals surface area contributed by atoms with Gasteiger partial charge >= 0.3 is 17.9 Å². The zero-order valence-electron chi connectivity index (χ0n) is 49.7. The fraction of sp³-hybridized carbons (Fsp3) is 0.620. The fourth-order valence-corrected chi connectivity index (χ4v) is 8.17. The van der Waals surface area contributed by atoms with Crippen LogP contribution in [-0.4, -0.2) is 37.2 Å². The second-order valence-electron chi connectivity index (χ2n) is 20.2. The molecular weight excluding hydrogens is 949 g/mol. The third-order valence-electron chi connectivity index (χ3n) is 12.8. The minimum atomic E-state index is -0.810. The number of esters is 3. The molecule has 0 rings (SSSR count). The molecule has 0 aromatic carbocycles. The van der Waals surface area contributed by atoms with Gasteiger partial charge in [0.05, 0.1) is 0 Å². The van der Waals surface area contributed by atoms with Gasteiger partial charge in [-0.15, -0.1) is 0 Å². The van der Waals surface area contributed by atoms with Gasteiger partial charge in [0.15, 0.2) is 6.10 Å². The molecule has 77 heavy (non-hydrogen) atoms. The first-order chi connectivity index (χ1) is 38.0. The van der Waals surface area contributed by atoms with Crippen molar-refractivity contribution in [1.29, 1.82) is 0 Å². The minimum absolute atomic E-state index is 0.104. The molecule has 0 amide bonds. The summed E-state index contributed by atoms with van der Waals surface area (Å²) < 4.78 is 16.9. The van der Waals surface area contributed by atoms with E-state index in [1.54, 1.807) is 0 Å². The molecule has 0 spiro atoms. The van der Waals surface area contributed by atoms with Crippen molar-refractivity contribution in [3.8, 4) is 0 Å². The highest BCUT2D eigenvalue weighted by Gasteiger charge is 2.19. The minimum Gasteiger partial charge on any atom is -0.462 e. The molecule has 434 valence electrons. The number of ether oxygens (including phenoxy) is 3. The summed E-state index contributed by atoms with van der Waals surface area (Å²) in [5.41, 5.74) is 0. The summed E-state index contributed by atoms with van der Waals surface area (Å²) in [6.07, 6.45) is 91.3. The lowest BCUT2D eigenvalue weighted by Crippen LogP contribution is -2.30. The number of rotatable bonds is 55. The lowest BCUT2D eigenvalue weighted by atomic mass is 10.1. The van der Waals surface area contributed by atoms with E-state index in [1.165, 1.54) is 51.4 Å². The average Bonchev–Trinajstić information content (AvgIpc) is 3.43. The van der Waals surface area contributed by atoms with Crippen molar-refractivity contribution in [2.75, 3.05) is 13.2 Å². The number of allylic oxidation sites excluding steroid dienone is 24. The molecule has 0 saturated carbocycles. The van der Waals surface area contributed by atoms with Crippen molar-refractivity contribution >= 4 is 17.9 Å². The average molecular weight is 1060 g/mol. The lowest BCUT2D eigenvalue weighted by Gasteiger charge is -2.18. The largest absolute Gasteiger partial charge is 0.462 e. The zero-order chi connectivity index (χ0) is 55.7. The van der Waals surface area contributed by atoms with E-state index in [9.17, 15) is 14.4 Å². The number of carbonyl (C=O) groups excluding carboxylic acids is 3. The first-order valence-corrected chi connectivity index (χ1v) is 31.3. The van der Waals surface area contributed by atoms with Crippen molar-refractivity contribution in [3.05, 3.63) is 146 Å². The highest BCUT2D eigenvalue weighted by atomic mass is 16.6. The van der Waals surface area contributed by atoms with Gasteiger partial charge < -0.3 is 14.2 Å². The molecular formula is C71H114O6. The van der Waals surface area contributed by atoms with E-state index in [2.05, 4.69) is 167 Å². The van der Waals surface area contributed by atoms with Crippen LogP contribution >= 0.6 is 0 Å². The van der Waals surface area contributed by atoms with Crippen molar-refractivity contribution in [2.45, 2.75) is 271 Å². The Bertz CT molecular complexity index is 1700. The van der Waals surface area contributed by atoms with Crippen LogP contribution in [0, 0.1) is 0 Å². The molecule has 0 aromatic rings. The summed E-state index contributed by atoms with van der Waals surface area (Å²) in [5.74, 6) is -0.957. The van der Waals surface area contributed by atoms with Gasteiger partial charge in [0.1, 0.15) is 13.2 Å². The van der Waals surface area contributed by atoms with Gasteiger partial charge in [-0.05, 0) is 141 Å². The number of hydrogen-bond acceptors (Lipinski definition) is 6. The van der Waals surface area contributed by atoms with Crippen LogP contribution in [0.2, 0.25) is 0 Å². The van der Waals surface area contributed by atoms with Gasteiger partial charge in [-0.1, -0.05) is 250 Å². The molecule has 0 aliphatic rings. The van der Waals surface area contributed by atoms with Crippen LogP contribution in [0.25, 0.3) is 0 Å². The Morgan fingerprint density at radius 2 is 0.506 bits per heavy atom. The van der Waals surface area contributed by atoms with Gasteiger partial charge in [-0.2, -0.15) is 0 Å². The first kappa shape index (κ1) is 72.3. The molecule has 6 heteroatoms. The molecule has 0 N–H and O–H groups in total. The molecule has 0 aromatic heterocycles. The SMILES string of the molecule is CC/C=C\C/C=C\C/C=C\C/C=C\C/C=C\C/C=C\C/C=C\CCCCCCCC(=O)OCC(COC(=O)CCCCCCC/C=C\CCCCCCCC)OC(=O)CCCCCC/C=C\C/C=C\C/C=C\C/C=C\CC. The molecule has 1 unspecified atom stereocenters. The maximum absolute atomic E-state index is 12.9. The zero-order valence-corrected chi connectivity index (χ0v) is 49.7. The van der Waals surface area contributed by atoms with Crippen LogP contribution in [0.3, 0.4) is 0 Å². The maximum atomic E-state index is 12.9. The summed E-state index contributed by atoms with van der Waals surface area (Å²) in [7, 11) is 0. The lowest BCUT2D eigenvalue weighted by molar-refractivity contribution is -0.167. The molecule has 0 fully saturated rings. The van der Waals surface area contributed by atoms with Crippen LogP contribution in [-0.2, 0) is 28.6 Å². The summed E-state index contributed by atoms with van der Waals surface area (Å²) in [6, 6.07) is 0. The standard InChI is InChI=1S/C71H114O6/c1-4-7-10-13-16-19-22-25-28-30-31-32-33-34-35-36-37-38-39-41-43-46-49-52-55-58-61-64-70(73)76-67-68(66-75-69(72)63-60-57-54-51-48-45-42-27-24-21-18-15-12-9-6-3)77-71(74)65-62-59-56-53-50-47-44-40-29-26-23-20-17-14-11-8-5-2/h7-8,10-11,16-17,19-20,25-29,31-32,34-35,37-38,41-44,47,68H,4-6,9,12-15,18,21-24,30,33,36,39-40,45-46,48-67H2,1-3H3/b10-7-,11-8-,19-16-,20-17-,28-25-,29-26-,32-31-,35-34-,38-37-,42-27-,43-41-,47-44-. The van der Waals surface area contributed by atoms with Gasteiger partial charge in [0, 0.05) is 19.3 Å². The van der Waals surface area contributed by atoms with Crippen LogP contribution in [0.1, 0.15) is 265 Å². The third-order valence-corrected chi connectivity index (χ3v) is 12.8. The van der Waals surface area contributed by atoms with Gasteiger partial charge in [0.25, 0.3) is 0 Å². The number of hydrogen-bond donors (Lipinski definition) is 0. The first-order valence-electron chi connectivity index (χ1n) is 31.3. The highest BCUT2D eigenvalue weighted by Crippen LogP contribution is 2.14. The molecule has 0 aliphatic heterocycles. The van der Waals surface area contributed by atoms with E-state index < -0.39 is 6.10 Å². The molecule has 0 saturated heterocycles. The summed E-state index contributed by atoms with van der Waals surface area (Å²) >= 11 is 0. The van der Waals surface area contributed by atoms with E-state index in [0.29, 0.717) is 12.8 Å². The van der Waals surface area contributed by atoms with Gasteiger partial charge in [0.2, 0.25) is 0 Å². The van der Waals surface area contributed by atoms with Crippen molar-refractivity contribution in [3.63, 3.8) is 0 Å². The monoisotopic (exact) mass is 1060 g/mol. The van der Waals surface area contributed by atoms with E-state index >= 15 is 0 Å². The second kappa shape index (κ2) is 63.8. The van der Waals surface area contributed by atoms with Crippen LogP contribution in [0.4, 0.5) is 0 Å². The quantitative estimate of drug-likeness (QED) is 0.0261. The second-order valence-corrected chi connectivity index (χ2v) is 20.2. The summed E-state index contributed by atoms with van der Waals surface area (Å²) in [5, 5.41) is 0. The summed E-state index contributed by atoms with van der Waals surface area (Å²) in [4.78, 5) is 38.3. The Morgan fingerprint density at radius 1 is 0.273 bits per heavy atom. The Hall–Kier alpha value is -4.71. The van der Waals surface area contributed by atoms with Crippen LogP contribution < -0.4 is 0 Å². The number of carbonyl (C=O) groups is 3. The Balaban J connectivity index is 4.46. The van der Waals surface area contributed by atoms with E-state index in [1.807, 2.05) is 0 Å². The predicted octanol–water partition coefficient (Wildman–Crippen LogP) is 21.5. The topological polar surface area (TPSA) is 78.9 Å². The molecule has 0 aliphatic carbocycles. The predicted molar refractivity (Wildman–Crippen MR) is 334 cm³/mol. The normalized spacial score (nSPS) is 13.1. The van der Waals surface area contributed by atoms with Crippen molar-refractivity contribution in [2.24, 2.45) is 0 Å². The van der Waals surface area contributed by atoms with Crippen molar-refractivity contribution in [1.82, 2.24) is 0 Å². The van der Waals surface area contributed by atoms with Gasteiger partial charge in [-0.3, -0.25) is 14.4 Å². The van der Waals surface area contributed by atoms with E-state index in [-0.39, 0.29) is 37.5 Å². The molecule has 0 heterocycles. The molecule has 6 nitrogen and oxygen atoms in total. The maximum Gasteiger partial charge on any atom is 0.306 e. The van der Waals surface area contributed by atoms with E-state index in [0.717, 1.165) is 173 Å². The third kappa shape index (κ3) is 62.0. The van der Waals surface area contributed by atoms with Gasteiger partial charge in [-0.25, -0.2) is 0 Å². The molecule has 0 bridgehead atoms. The van der Waals surface area contributed by atoms with E-state index in [4.69, 9.17) is 14.2 Å². The summed E-state index contributed by atoms with van der Waals surface area (Å²) in [6.45, 7) is 6.36. The Kier molecular flexibility index (Phi) is 59.9. The smallest absolute Gasteiger partial charge is 0.306 e. The van der Waals surface area contributed by atoms with Crippen LogP contribution in [0.15, 0.2) is 146 Å². The molecule has 0 radical (unpaired) electrons. The fourth-order valence-electron chi connectivity index (χ4n) is 8.17. The van der Waals surface area contributed by atoms with Crippen LogP contribution in [0.5, 0.6) is 0 Å². The highest BCUT2D eigenvalue weighted by molar-refractivity contribution is 5.71. The van der Waals surface area contributed by atoms with Crippen molar-refractivity contribution < 1.29 is 28.6 Å². The Morgan fingerprint density at radius 3 is 0.805 bits per heavy atom. The Labute approximate surface area is 474 Å². The number of unbranched alkanes of at least 4 members (excludes halogenated alkanes) is 20. The molecule has 1 atom stereocenters.